The Bertz CT molecular complexity index is 219. The summed E-state index contributed by atoms with van der Waals surface area (Å²) in [5.74, 6) is 0.536. The lowest BCUT2D eigenvalue weighted by Crippen LogP contribution is -2.30. The van der Waals surface area contributed by atoms with Gasteiger partial charge >= 0.3 is 0 Å². The van der Waals surface area contributed by atoms with Gasteiger partial charge in [0.25, 0.3) is 0 Å². The number of allylic oxidation sites excluding steroid dienone is 1. The van der Waals surface area contributed by atoms with Gasteiger partial charge in [-0.05, 0) is 17.9 Å². The van der Waals surface area contributed by atoms with Crippen LogP contribution >= 0.6 is 0 Å². The summed E-state index contributed by atoms with van der Waals surface area (Å²) < 4.78 is 0. The minimum Gasteiger partial charge on any atom is -0.396 e. The maximum Gasteiger partial charge on any atom is 0.159 e. The summed E-state index contributed by atoms with van der Waals surface area (Å²) in [6.07, 6.45) is 1.62. The first-order chi connectivity index (χ1) is 4.70. The summed E-state index contributed by atoms with van der Waals surface area (Å²) in [6, 6.07) is 0. The van der Waals surface area contributed by atoms with Crippen LogP contribution < -0.4 is 0 Å². The van der Waals surface area contributed by atoms with Crippen LogP contribution in [0.2, 0.25) is 0 Å². The summed E-state index contributed by atoms with van der Waals surface area (Å²) in [7, 11) is 0. The van der Waals surface area contributed by atoms with E-state index in [9.17, 15) is 4.79 Å². The molecule has 0 aromatic carbocycles. The van der Waals surface area contributed by atoms with Crippen LogP contribution in [0.15, 0.2) is 12.2 Å². The largest absolute Gasteiger partial charge is 0.396 e. The van der Waals surface area contributed by atoms with Gasteiger partial charge < -0.3 is 5.11 Å². The van der Waals surface area contributed by atoms with E-state index in [4.69, 9.17) is 5.11 Å². The first-order valence-corrected chi connectivity index (χ1v) is 3.54. The molecule has 54 valence electrons. The molecule has 2 saturated carbocycles. The molecule has 2 heteroatoms. The quantitative estimate of drug-likeness (QED) is 0.536. The van der Waals surface area contributed by atoms with Crippen LogP contribution in [0.1, 0.15) is 12.8 Å². The Morgan fingerprint density at radius 2 is 2.50 bits per heavy atom. The van der Waals surface area contributed by atoms with Crippen molar-refractivity contribution < 1.29 is 9.90 Å². The highest BCUT2D eigenvalue weighted by molar-refractivity contribution is 6.05. The Morgan fingerprint density at radius 3 is 2.80 bits per heavy atom. The van der Waals surface area contributed by atoms with E-state index in [1.54, 1.807) is 0 Å². The average Bonchev–Trinajstić information content (AvgIpc) is 2.65. The average molecular weight is 138 g/mol. The molecule has 0 unspecified atom stereocenters. The van der Waals surface area contributed by atoms with Gasteiger partial charge in [-0.1, -0.05) is 6.58 Å². The Labute approximate surface area is 59.5 Å². The van der Waals surface area contributed by atoms with Crippen molar-refractivity contribution in [2.45, 2.75) is 12.8 Å². The van der Waals surface area contributed by atoms with Crippen LogP contribution in [0.25, 0.3) is 0 Å². The molecule has 2 aliphatic rings. The van der Waals surface area contributed by atoms with E-state index in [0.717, 1.165) is 12.0 Å². The molecule has 1 N–H and O–H groups in total. The number of aliphatic hydroxyl groups excluding tert-OH is 1. The van der Waals surface area contributed by atoms with Crippen molar-refractivity contribution >= 4 is 5.78 Å². The van der Waals surface area contributed by atoms with Gasteiger partial charge in [-0.25, -0.2) is 0 Å². The smallest absolute Gasteiger partial charge is 0.159 e. The van der Waals surface area contributed by atoms with Crippen molar-refractivity contribution in [3.8, 4) is 0 Å². The molecule has 2 aliphatic carbocycles. The van der Waals surface area contributed by atoms with Crippen LogP contribution in [-0.2, 0) is 4.79 Å². The van der Waals surface area contributed by atoms with Crippen molar-refractivity contribution in [2.75, 3.05) is 6.61 Å². The molecule has 0 aliphatic heterocycles. The molecule has 0 aromatic heterocycles. The summed E-state index contributed by atoms with van der Waals surface area (Å²) in [5.41, 5.74) is 0.831. The summed E-state index contributed by atoms with van der Waals surface area (Å²) >= 11 is 0. The number of hydrogen-bond donors (Lipinski definition) is 1. The fourth-order valence-electron chi connectivity index (χ4n) is 1.88. The number of hydrogen-bond acceptors (Lipinski definition) is 2. The van der Waals surface area contributed by atoms with E-state index in [1.165, 1.54) is 0 Å². The van der Waals surface area contributed by atoms with Crippen LogP contribution in [0.4, 0.5) is 0 Å². The molecular formula is C8H10O2. The third-order valence-corrected chi connectivity index (χ3v) is 2.87. The maximum atomic E-state index is 10.8. The monoisotopic (exact) mass is 138 g/mol. The van der Waals surface area contributed by atoms with E-state index < -0.39 is 0 Å². The fourth-order valence-corrected chi connectivity index (χ4v) is 1.88. The van der Waals surface area contributed by atoms with E-state index in [2.05, 4.69) is 6.58 Å². The molecular weight excluding hydrogens is 128 g/mol. The molecule has 0 radical (unpaired) electrons. The van der Waals surface area contributed by atoms with Gasteiger partial charge in [0.05, 0.1) is 0 Å². The van der Waals surface area contributed by atoms with Gasteiger partial charge in [-0.3, -0.25) is 4.79 Å². The molecule has 2 rings (SSSR count). The molecule has 0 saturated heterocycles. The Balaban J connectivity index is 2.12. The minimum atomic E-state index is 0.0752. The van der Waals surface area contributed by atoms with Crippen molar-refractivity contribution in [1.29, 1.82) is 0 Å². The lowest BCUT2D eigenvalue weighted by molar-refractivity contribution is -0.121. The number of carbonyl (C=O) groups excluding carboxylic acids is 1. The number of carbonyl (C=O) groups is 1. The SMILES string of the molecule is C=C1C(=O)C[C@]12C[C@H]2CO. The van der Waals surface area contributed by atoms with Crippen molar-refractivity contribution in [3.05, 3.63) is 12.2 Å². The first kappa shape index (κ1) is 6.10. The number of ketones is 1. The maximum absolute atomic E-state index is 10.8. The zero-order chi connectivity index (χ0) is 7.35. The van der Waals surface area contributed by atoms with Gasteiger partial charge in [-0.15, -0.1) is 0 Å². The van der Waals surface area contributed by atoms with Gasteiger partial charge in [-0.2, -0.15) is 0 Å². The Kier molecular flexibility index (Phi) is 0.920. The lowest BCUT2D eigenvalue weighted by Gasteiger charge is -2.28. The Morgan fingerprint density at radius 1 is 1.80 bits per heavy atom. The van der Waals surface area contributed by atoms with Crippen molar-refractivity contribution in [3.63, 3.8) is 0 Å². The highest BCUT2D eigenvalue weighted by Gasteiger charge is 2.63. The molecule has 10 heavy (non-hydrogen) atoms. The standard InChI is InChI=1S/C8H10O2/c1-5-7(10)3-8(5)2-6(8)4-9/h6,9H,1-4H2/t6-,8+/m0/s1. The molecule has 2 fully saturated rings. The molecule has 0 amide bonds. The summed E-state index contributed by atoms with van der Waals surface area (Å²) in [4.78, 5) is 10.8. The van der Waals surface area contributed by atoms with E-state index in [0.29, 0.717) is 12.3 Å². The predicted molar refractivity (Wildman–Crippen MR) is 36.4 cm³/mol. The van der Waals surface area contributed by atoms with Crippen LogP contribution in [0, 0.1) is 11.3 Å². The summed E-state index contributed by atoms with van der Waals surface area (Å²) in [5, 5.41) is 8.76. The molecule has 0 bridgehead atoms. The van der Waals surface area contributed by atoms with E-state index >= 15 is 0 Å². The van der Waals surface area contributed by atoms with Crippen LogP contribution in [0.5, 0.6) is 0 Å². The zero-order valence-electron chi connectivity index (χ0n) is 5.76. The van der Waals surface area contributed by atoms with E-state index in [1.807, 2.05) is 0 Å². The highest BCUT2D eigenvalue weighted by Crippen LogP contribution is 2.66. The minimum absolute atomic E-state index is 0.0752. The topological polar surface area (TPSA) is 37.3 Å². The van der Waals surface area contributed by atoms with Crippen LogP contribution in [0.3, 0.4) is 0 Å². The number of aliphatic hydroxyl groups is 1. The second-order valence-corrected chi connectivity index (χ2v) is 3.32. The molecule has 2 atom stereocenters. The lowest BCUT2D eigenvalue weighted by atomic mass is 9.74. The molecule has 0 aromatic rings. The van der Waals surface area contributed by atoms with Gasteiger partial charge in [0.2, 0.25) is 0 Å². The van der Waals surface area contributed by atoms with Gasteiger partial charge in [0.1, 0.15) is 0 Å². The normalized spacial score (nSPS) is 43.9. The van der Waals surface area contributed by atoms with Crippen molar-refractivity contribution in [1.82, 2.24) is 0 Å². The van der Waals surface area contributed by atoms with Gasteiger partial charge in [0, 0.05) is 18.4 Å². The predicted octanol–water partition coefficient (Wildman–Crippen LogP) is 0.514. The third kappa shape index (κ3) is 0.465. The fraction of sp³-hybridized carbons (Fsp3) is 0.625. The third-order valence-electron chi connectivity index (χ3n) is 2.87. The Hall–Kier alpha value is -0.630. The summed E-state index contributed by atoms with van der Waals surface area (Å²) in [6.45, 7) is 3.91. The molecule has 2 nitrogen and oxygen atoms in total. The van der Waals surface area contributed by atoms with Gasteiger partial charge in [0.15, 0.2) is 5.78 Å². The molecule has 1 spiro atoms. The molecule has 0 heterocycles. The van der Waals surface area contributed by atoms with E-state index in [-0.39, 0.29) is 17.8 Å². The second-order valence-electron chi connectivity index (χ2n) is 3.32. The first-order valence-electron chi connectivity index (χ1n) is 3.54. The van der Waals surface area contributed by atoms with Crippen LogP contribution in [-0.4, -0.2) is 17.5 Å². The highest BCUT2D eigenvalue weighted by atomic mass is 16.3. The van der Waals surface area contributed by atoms with Crippen molar-refractivity contribution in [2.24, 2.45) is 11.3 Å². The number of Topliss-reactive ketones (excluding diaryl/α,β-unsaturated/α-hetero) is 1. The second kappa shape index (κ2) is 1.51. The number of rotatable bonds is 1. The zero-order valence-corrected chi connectivity index (χ0v) is 5.76.